The Morgan fingerprint density at radius 1 is 0.757 bits per heavy atom. The molecule has 4 aliphatic carbocycles. The lowest BCUT2D eigenvalue weighted by molar-refractivity contribution is -0.265. The molecule has 23 nitrogen and oxygen atoms in total. The summed E-state index contributed by atoms with van der Waals surface area (Å²) in [4.78, 5) is 145. The number of ether oxygens (including phenoxy) is 8. The van der Waals surface area contributed by atoms with Gasteiger partial charge in [-0.05, 0) is 164 Å². The summed E-state index contributed by atoms with van der Waals surface area (Å²) in [7, 11) is 4.40. The molecule has 17 atom stereocenters. The number of ketones is 5. The van der Waals surface area contributed by atoms with Crippen LogP contribution in [-0.4, -0.2) is 192 Å². The molecule has 0 spiro atoms. The minimum Gasteiger partial charge on any atom is -0.504 e. The second kappa shape index (κ2) is 37.3. The van der Waals surface area contributed by atoms with Gasteiger partial charge in [0.1, 0.15) is 54.2 Å². The van der Waals surface area contributed by atoms with E-state index >= 15 is 0 Å². The van der Waals surface area contributed by atoms with Crippen LogP contribution >= 0.6 is 0 Å². The number of nitrogens with zero attached hydrogens (tertiary/aromatic N) is 2. The summed E-state index contributed by atoms with van der Waals surface area (Å²) in [6, 6.07) is -1.21. The lowest BCUT2D eigenvalue weighted by atomic mass is 9.53. The van der Waals surface area contributed by atoms with E-state index in [0.717, 1.165) is 24.8 Å². The highest BCUT2D eigenvalue weighted by molar-refractivity contribution is 6.39. The van der Waals surface area contributed by atoms with Gasteiger partial charge in [0.25, 0.3) is 11.7 Å². The number of fused-ring (bicyclic) bond motifs is 7. The number of likely N-dealkylation sites (tertiary alicyclic amines) is 1. The summed E-state index contributed by atoms with van der Waals surface area (Å²) in [5, 5.41) is 35.8. The molecular formula is C84H120N2O21. The number of aliphatic hydroxyl groups is 3. The van der Waals surface area contributed by atoms with Crippen LogP contribution in [-0.2, 0) is 85.8 Å². The van der Waals surface area contributed by atoms with E-state index in [1.165, 1.54) is 19.1 Å². The van der Waals surface area contributed by atoms with Gasteiger partial charge in [-0.15, -0.1) is 0 Å². The van der Waals surface area contributed by atoms with Crippen LogP contribution in [0.25, 0.3) is 0 Å². The maximum absolute atomic E-state index is 14.8. The third-order valence-electron chi connectivity index (χ3n) is 25.0. The maximum Gasteiger partial charge on any atom is 0.340 e. The number of piperidine rings is 2. The number of cyclic esters (lactones) is 2. The van der Waals surface area contributed by atoms with Crippen molar-refractivity contribution in [2.45, 2.75) is 283 Å². The standard InChI is InChI=1S/C84H120N2O21/c1-49-25-17-15-18-26-50(2)63(101-11)44-58-33-30-55(7)84(99,107-58)78(95)79(96)86-40-24-21-27-61(86)81(98)105-64(45-62(87)51(3)42-54(6)74(92)77(102-12)73(91)53(5)41-49)52(4)43-56-31-34-57(35-32-56)103-68(89)28-19-13-14-20-29-69(90)104-65-46-82(8)60(36-37-66(82)88)70-72(65)83(9)67(48-100-10)106-80(97)59(71(83)76(94)75(70)93)47-85-38-22-16-23-39-85/h15,17-18,25-26,42,47,49,51-53,55-58,60-61,63-65,67,74,77,92,94,99H,13-14,16,19-24,27-41,43-46,48H2,1-12H3/b18-15+,25-17+,50-26+,54-42+,59-47+/t49-,51-,52-,53-,55-,56?,57?,58+,60+,61+,63+,64+,65-,67-,74-,77+,82+,83+,84-/m1/s1. The van der Waals surface area contributed by atoms with Crippen LogP contribution in [0.3, 0.4) is 0 Å². The largest absolute Gasteiger partial charge is 0.504 e. The fourth-order valence-electron chi connectivity index (χ4n) is 18.4. The smallest absolute Gasteiger partial charge is 0.340 e. The van der Waals surface area contributed by atoms with Crippen LogP contribution in [0.5, 0.6) is 0 Å². The highest BCUT2D eigenvalue weighted by Gasteiger charge is 2.65. The molecule has 2 saturated carbocycles. The van der Waals surface area contributed by atoms with E-state index in [2.05, 4.69) is 0 Å². The topological polar surface area (TPSA) is 312 Å². The average molecular weight is 1490 g/mol. The lowest BCUT2D eigenvalue weighted by Gasteiger charge is -2.53. The number of aliphatic hydroxyl groups excluding tert-OH is 2. The third-order valence-corrected chi connectivity index (χ3v) is 25.0. The molecule has 107 heavy (non-hydrogen) atoms. The quantitative estimate of drug-likeness (QED) is 0.0304. The molecule has 2 bridgehead atoms. The van der Waals surface area contributed by atoms with Crippen LogP contribution in [0.15, 0.2) is 81.9 Å². The molecule has 4 saturated heterocycles. The molecule has 1 amide bonds. The maximum atomic E-state index is 14.8. The minimum absolute atomic E-state index is 0.0189. The Morgan fingerprint density at radius 3 is 2.11 bits per heavy atom. The first-order chi connectivity index (χ1) is 50.9. The fraction of sp³-hybridized carbons (Fsp3) is 0.714. The van der Waals surface area contributed by atoms with Crippen LogP contribution in [0, 0.1) is 52.3 Å². The number of Topliss-reactive ketones (excluding diaryl/α,β-unsaturated/α-hetero) is 5. The Bertz CT molecular complexity index is 3510. The minimum atomic E-state index is -2.48. The van der Waals surface area contributed by atoms with Gasteiger partial charge in [-0.1, -0.05) is 90.8 Å². The van der Waals surface area contributed by atoms with E-state index in [4.69, 9.17) is 37.9 Å². The van der Waals surface area contributed by atoms with E-state index in [-0.39, 0.29) is 116 Å². The number of hydrogen-bond acceptors (Lipinski definition) is 22. The molecule has 0 unspecified atom stereocenters. The highest BCUT2D eigenvalue weighted by Crippen LogP contribution is 2.63. The van der Waals surface area contributed by atoms with Gasteiger partial charge in [0.2, 0.25) is 11.6 Å². The number of hydrogen-bond donors (Lipinski definition) is 3. The van der Waals surface area contributed by atoms with Crippen molar-refractivity contribution in [2.75, 3.05) is 47.6 Å². The van der Waals surface area contributed by atoms with Crippen molar-refractivity contribution in [1.82, 2.24) is 9.80 Å². The zero-order chi connectivity index (χ0) is 77.8. The Hall–Kier alpha value is -6.76. The summed E-state index contributed by atoms with van der Waals surface area (Å²) >= 11 is 0. The van der Waals surface area contributed by atoms with Gasteiger partial charge in [-0.2, -0.15) is 0 Å². The second-order valence-electron chi connectivity index (χ2n) is 32.8. The van der Waals surface area contributed by atoms with Crippen molar-refractivity contribution in [2.24, 2.45) is 52.3 Å². The first kappa shape index (κ1) is 84.3. The number of rotatable bonds is 17. The van der Waals surface area contributed by atoms with Crippen molar-refractivity contribution < 1.29 is 101 Å². The number of methoxy groups -OCH3 is 3. The monoisotopic (exact) mass is 1490 g/mol. The molecule has 9 rings (SSSR count). The van der Waals surface area contributed by atoms with Gasteiger partial charge >= 0.3 is 23.9 Å². The molecular weight excluding hydrogens is 1370 g/mol. The molecule has 9 aliphatic rings. The van der Waals surface area contributed by atoms with Crippen LogP contribution < -0.4 is 0 Å². The summed E-state index contributed by atoms with van der Waals surface area (Å²) in [5.41, 5.74) is -0.340. The lowest BCUT2D eigenvalue weighted by Crippen LogP contribution is -2.61. The Labute approximate surface area is 632 Å². The molecule has 0 radical (unpaired) electrons. The molecule has 5 heterocycles. The number of carbonyl (C=O) groups is 10. The Balaban J connectivity index is 0.815. The van der Waals surface area contributed by atoms with Crippen molar-refractivity contribution in [1.29, 1.82) is 0 Å². The molecule has 5 aliphatic heterocycles. The highest BCUT2D eigenvalue weighted by atomic mass is 16.6. The number of amides is 1. The molecule has 0 aromatic carbocycles. The predicted octanol–water partition coefficient (Wildman–Crippen LogP) is 11.4. The number of allylic oxidation sites excluding steroid dienone is 7. The van der Waals surface area contributed by atoms with E-state index in [1.54, 1.807) is 60.9 Å². The number of unbranched alkanes of at least 4 members (excludes halogenated alkanes) is 3. The van der Waals surface area contributed by atoms with Gasteiger partial charge in [0.15, 0.2) is 11.5 Å². The van der Waals surface area contributed by atoms with E-state index in [0.29, 0.717) is 121 Å². The van der Waals surface area contributed by atoms with Gasteiger partial charge in [0.05, 0.1) is 29.8 Å². The molecule has 3 N–H and O–H groups in total. The summed E-state index contributed by atoms with van der Waals surface area (Å²) in [6.45, 7) is 17.5. The summed E-state index contributed by atoms with van der Waals surface area (Å²) < 4.78 is 48.3. The predicted molar refractivity (Wildman–Crippen MR) is 396 cm³/mol. The first-order valence-corrected chi connectivity index (χ1v) is 39.7. The van der Waals surface area contributed by atoms with E-state index < -0.39 is 136 Å². The number of esters is 4. The zero-order valence-corrected chi connectivity index (χ0v) is 65.4. The second-order valence-corrected chi connectivity index (χ2v) is 32.8. The van der Waals surface area contributed by atoms with Crippen LogP contribution in [0.4, 0.5) is 0 Å². The van der Waals surface area contributed by atoms with Gasteiger partial charge in [-0.25, -0.2) is 9.59 Å². The van der Waals surface area contributed by atoms with Crippen molar-refractivity contribution in [3.8, 4) is 0 Å². The molecule has 0 aromatic heterocycles. The van der Waals surface area contributed by atoms with Crippen molar-refractivity contribution >= 4 is 58.7 Å². The molecule has 23 heteroatoms. The number of carbonyl (C=O) groups excluding carboxylic acids is 10. The third kappa shape index (κ3) is 19.3. The molecule has 592 valence electrons. The zero-order valence-electron chi connectivity index (χ0n) is 65.4. The summed E-state index contributed by atoms with van der Waals surface area (Å²) in [6.07, 6.45) is 17.2. The van der Waals surface area contributed by atoms with Gasteiger partial charge in [-0.3, -0.25) is 38.4 Å². The fourth-order valence-corrected chi connectivity index (χ4v) is 18.4. The average Bonchev–Trinajstić information content (AvgIpc) is 1.67. The SMILES string of the molecule is COC[C@H]1OC(=O)/C(=C/N2CCCCC2)C2=C(O)C(=O)C3=C([C@H](OC(=O)CCCCCCC(=O)OC4CCC(C[C@@H](C)[C@@H]5CC(=O)[C@H](C)/C=C(\C)[C@@H](O)[C@@H](OC)C(=O)[C@H](C)C[C@H](C)/C=C/C=C/C=C(\C)[C@@H](OC)C[C@@H]6CC[C@@H](C)[C@@](O)(O6)C(=O)C(=O)N6CCCC[C@H]6C(=O)O5)CC4)C[C@]4(C)C(=O)CC[C@@H]34)[C@]21C. The molecule has 6 fully saturated rings. The first-order valence-electron chi connectivity index (χ1n) is 39.7. The van der Waals surface area contributed by atoms with Crippen molar-refractivity contribution in [3.05, 3.63) is 81.9 Å². The van der Waals surface area contributed by atoms with Crippen molar-refractivity contribution in [3.63, 3.8) is 0 Å². The van der Waals surface area contributed by atoms with Gasteiger partial charge in [0, 0.05) is 126 Å². The Morgan fingerprint density at radius 2 is 1.44 bits per heavy atom. The molecule has 0 aromatic rings. The van der Waals surface area contributed by atoms with Gasteiger partial charge < -0.3 is 63.0 Å². The summed E-state index contributed by atoms with van der Waals surface area (Å²) in [5.74, 6) is -11.9. The van der Waals surface area contributed by atoms with E-state index in [9.17, 15) is 63.3 Å². The van der Waals surface area contributed by atoms with Crippen LogP contribution in [0.2, 0.25) is 0 Å². The van der Waals surface area contributed by atoms with Crippen LogP contribution in [0.1, 0.15) is 223 Å². The Kier molecular flexibility index (Phi) is 29.4. The normalized spacial score (nSPS) is 37.3. The van der Waals surface area contributed by atoms with E-state index in [1.807, 2.05) is 56.1 Å².